The molecule has 1 aromatic heterocycles. The standard InChI is InChI=1S/C25H26F3N5O3/c26-25(27,28)36-16-5-1-14(2-6-16)3-8-23(34)32-10-17-18(11-32)20-13-33(12-19(17)20)24(35)15-4-7-21-22(9-15)30-31-29-21/h1-3,5-6,8,15,17-20H,4,7,9-13H2,(H,29,30,31)/b8-3+/t15-,17-,18+,19+,20-/m1/s1. The molecule has 3 heterocycles. The first-order valence-electron chi connectivity index (χ1n) is 12.3. The summed E-state index contributed by atoms with van der Waals surface area (Å²) in [5.74, 6) is 1.50. The zero-order chi connectivity index (χ0) is 25.0. The highest BCUT2D eigenvalue weighted by Crippen LogP contribution is 2.54. The quantitative estimate of drug-likeness (QED) is 0.651. The molecule has 1 saturated carbocycles. The van der Waals surface area contributed by atoms with Gasteiger partial charge in [-0.1, -0.05) is 12.1 Å². The molecule has 4 aliphatic rings. The lowest BCUT2D eigenvalue weighted by Crippen LogP contribution is -2.44. The molecule has 2 aliphatic heterocycles. The number of halogens is 3. The Morgan fingerprint density at radius 2 is 1.56 bits per heavy atom. The zero-order valence-corrected chi connectivity index (χ0v) is 19.4. The summed E-state index contributed by atoms with van der Waals surface area (Å²) in [6.07, 6.45) is 0.579. The number of aromatic amines is 1. The minimum atomic E-state index is -4.73. The third kappa shape index (κ3) is 4.24. The molecule has 1 N–H and O–H groups in total. The number of carbonyl (C=O) groups is 2. The van der Waals surface area contributed by atoms with Gasteiger partial charge in [-0.05, 0) is 60.3 Å². The smallest absolute Gasteiger partial charge is 0.406 e. The average molecular weight is 502 g/mol. The number of hydrogen-bond donors (Lipinski definition) is 1. The molecule has 8 nitrogen and oxygen atoms in total. The molecule has 2 amide bonds. The molecule has 2 saturated heterocycles. The topological polar surface area (TPSA) is 91.4 Å². The van der Waals surface area contributed by atoms with E-state index in [0.29, 0.717) is 48.7 Å². The summed E-state index contributed by atoms with van der Waals surface area (Å²) in [7, 11) is 0. The molecule has 0 bridgehead atoms. The Morgan fingerprint density at radius 3 is 2.19 bits per heavy atom. The lowest BCUT2D eigenvalue weighted by molar-refractivity contribution is -0.274. The van der Waals surface area contributed by atoms with Crippen molar-refractivity contribution in [1.82, 2.24) is 25.2 Å². The molecule has 2 aliphatic carbocycles. The third-order valence-corrected chi connectivity index (χ3v) is 8.30. The van der Waals surface area contributed by atoms with E-state index in [4.69, 9.17) is 0 Å². The number of carbonyl (C=O) groups excluding carboxylic acids is 2. The van der Waals surface area contributed by atoms with Crippen LogP contribution in [0.1, 0.15) is 23.4 Å². The molecule has 3 fully saturated rings. The predicted molar refractivity (Wildman–Crippen MR) is 121 cm³/mol. The van der Waals surface area contributed by atoms with Crippen molar-refractivity contribution in [2.24, 2.45) is 29.6 Å². The van der Waals surface area contributed by atoms with Crippen molar-refractivity contribution in [2.75, 3.05) is 26.2 Å². The van der Waals surface area contributed by atoms with Gasteiger partial charge in [0.15, 0.2) is 0 Å². The van der Waals surface area contributed by atoms with Crippen molar-refractivity contribution in [3.8, 4) is 5.75 Å². The summed E-state index contributed by atoms with van der Waals surface area (Å²) in [6, 6.07) is 5.40. The minimum Gasteiger partial charge on any atom is -0.406 e. The summed E-state index contributed by atoms with van der Waals surface area (Å²) in [6.45, 7) is 2.89. The summed E-state index contributed by atoms with van der Waals surface area (Å²) in [5, 5.41) is 11.0. The van der Waals surface area contributed by atoms with Crippen LogP contribution < -0.4 is 4.74 Å². The first-order valence-corrected chi connectivity index (χ1v) is 12.3. The molecule has 1 aromatic carbocycles. The van der Waals surface area contributed by atoms with Gasteiger partial charge in [0, 0.05) is 44.6 Å². The fraction of sp³-hybridized carbons (Fsp3) is 0.520. The molecule has 0 spiro atoms. The van der Waals surface area contributed by atoms with E-state index in [1.54, 1.807) is 6.08 Å². The van der Waals surface area contributed by atoms with Gasteiger partial charge in [0.2, 0.25) is 11.8 Å². The average Bonchev–Trinajstić information content (AvgIpc) is 3.56. The minimum absolute atomic E-state index is 0.0303. The van der Waals surface area contributed by atoms with E-state index in [1.165, 1.54) is 30.3 Å². The second kappa shape index (κ2) is 8.63. The number of ether oxygens (including phenoxy) is 1. The number of nitrogens with one attached hydrogen (secondary N) is 1. The maximum absolute atomic E-state index is 13.2. The van der Waals surface area contributed by atoms with Gasteiger partial charge in [0.1, 0.15) is 5.75 Å². The Hall–Kier alpha value is -3.37. The van der Waals surface area contributed by atoms with Gasteiger partial charge in [0.25, 0.3) is 0 Å². The zero-order valence-electron chi connectivity index (χ0n) is 19.4. The highest BCUT2D eigenvalue weighted by molar-refractivity contribution is 5.92. The Morgan fingerprint density at radius 1 is 0.944 bits per heavy atom. The number of amides is 2. The summed E-state index contributed by atoms with van der Waals surface area (Å²) in [5.41, 5.74) is 2.50. The molecule has 0 radical (unpaired) electrons. The van der Waals surface area contributed by atoms with Gasteiger partial charge < -0.3 is 14.5 Å². The molecular formula is C25H26F3N5O3. The highest BCUT2D eigenvalue weighted by atomic mass is 19.4. The fourth-order valence-electron chi connectivity index (χ4n) is 6.54. The van der Waals surface area contributed by atoms with E-state index < -0.39 is 6.36 Å². The van der Waals surface area contributed by atoms with Crippen LogP contribution in [0.25, 0.3) is 6.08 Å². The van der Waals surface area contributed by atoms with E-state index >= 15 is 0 Å². The number of aromatic nitrogens is 3. The molecule has 0 unspecified atom stereocenters. The van der Waals surface area contributed by atoms with Gasteiger partial charge in [-0.15, -0.1) is 13.2 Å². The maximum atomic E-state index is 13.2. The predicted octanol–water partition coefficient (Wildman–Crippen LogP) is 2.68. The fourth-order valence-corrected chi connectivity index (χ4v) is 6.54. The van der Waals surface area contributed by atoms with Crippen LogP contribution in [0, 0.1) is 29.6 Å². The largest absolute Gasteiger partial charge is 0.573 e. The first-order chi connectivity index (χ1) is 17.2. The van der Waals surface area contributed by atoms with Crippen molar-refractivity contribution in [3.05, 3.63) is 47.3 Å². The van der Waals surface area contributed by atoms with Gasteiger partial charge >= 0.3 is 6.36 Å². The van der Waals surface area contributed by atoms with Crippen LogP contribution in [-0.4, -0.2) is 69.6 Å². The second-order valence-corrected chi connectivity index (χ2v) is 10.2. The van der Waals surface area contributed by atoms with Crippen LogP contribution in [0.2, 0.25) is 0 Å². The number of hydrogen-bond acceptors (Lipinski definition) is 5. The van der Waals surface area contributed by atoms with Gasteiger partial charge in [-0.25, -0.2) is 0 Å². The maximum Gasteiger partial charge on any atom is 0.573 e. The van der Waals surface area contributed by atoms with Gasteiger partial charge in [-0.2, -0.15) is 15.4 Å². The van der Waals surface area contributed by atoms with E-state index in [9.17, 15) is 22.8 Å². The molecule has 5 atom stereocenters. The second-order valence-electron chi connectivity index (χ2n) is 10.2. The lowest BCUT2D eigenvalue weighted by atomic mass is 9.60. The molecule has 2 aromatic rings. The lowest BCUT2D eigenvalue weighted by Gasteiger charge is -2.42. The van der Waals surface area contributed by atoms with Crippen molar-refractivity contribution in [3.63, 3.8) is 0 Å². The van der Waals surface area contributed by atoms with Crippen LogP contribution in [-0.2, 0) is 22.4 Å². The number of nitrogens with zero attached hydrogens (tertiary/aromatic N) is 4. The van der Waals surface area contributed by atoms with E-state index in [-0.39, 0.29) is 23.5 Å². The van der Waals surface area contributed by atoms with Crippen LogP contribution >= 0.6 is 0 Å². The molecule has 11 heteroatoms. The van der Waals surface area contributed by atoms with Crippen LogP contribution in [0.15, 0.2) is 30.3 Å². The Balaban J connectivity index is 1.01. The Kier molecular flexibility index (Phi) is 5.53. The van der Waals surface area contributed by atoms with Gasteiger partial charge in [0.05, 0.1) is 11.4 Å². The number of alkyl halides is 3. The summed E-state index contributed by atoms with van der Waals surface area (Å²) >= 11 is 0. The van der Waals surface area contributed by atoms with E-state index in [0.717, 1.165) is 37.3 Å². The highest BCUT2D eigenvalue weighted by Gasteiger charge is 2.59. The number of H-pyrrole nitrogens is 1. The molecule has 36 heavy (non-hydrogen) atoms. The van der Waals surface area contributed by atoms with Crippen molar-refractivity contribution in [2.45, 2.75) is 25.6 Å². The Labute approximate surface area is 205 Å². The summed E-state index contributed by atoms with van der Waals surface area (Å²) in [4.78, 5) is 29.8. The molecule has 6 rings (SSSR count). The summed E-state index contributed by atoms with van der Waals surface area (Å²) < 4.78 is 40.8. The molecular weight excluding hydrogens is 475 g/mol. The van der Waals surface area contributed by atoms with E-state index in [2.05, 4.69) is 20.1 Å². The van der Waals surface area contributed by atoms with Crippen LogP contribution in [0.3, 0.4) is 0 Å². The van der Waals surface area contributed by atoms with Crippen LogP contribution in [0.4, 0.5) is 13.2 Å². The first kappa shape index (κ1) is 23.1. The SMILES string of the molecule is O=C(/C=C/c1ccc(OC(F)(F)F)cc1)N1C[C@@H]2[C@H](C1)[C@H]1CN(C(=O)[C@@H]3CCc4n[nH]nc4C3)C[C@@H]21. The van der Waals surface area contributed by atoms with Gasteiger partial charge in [-0.3, -0.25) is 9.59 Å². The number of aryl methyl sites for hydroxylation is 1. The van der Waals surface area contributed by atoms with Crippen molar-refractivity contribution in [1.29, 1.82) is 0 Å². The number of fused-ring (bicyclic) bond motifs is 5. The molecule has 190 valence electrons. The normalized spacial score (nSPS) is 29.0. The number of rotatable bonds is 4. The Bertz CT molecular complexity index is 1170. The monoisotopic (exact) mass is 501 g/mol. The third-order valence-electron chi connectivity index (χ3n) is 8.30. The van der Waals surface area contributed by atoms with Crippen molar-refractivity contribution >= 4 is 17.9 Å². The number of benzene rings is 1. The van der Waals surface area contributed by atoms with Crippen molar-refractivity contribution < 1.29 is 27.5 Å². The van der Waals surface area contributed by atoms with E-state index in [1.807, 2.05) is 9.80 Å². The van der Waals surface area contributed by atoms with Crippen LogP contribution in [0.5, 0.6) is 5.75 Å². The number of likely N-dealkylation sites (tertiary alicyclic amines) is 2.